The molecule has 1 aliphatic rings. The SMILES string of the molecule is [2H]c1c([2H])c([2H])c(-c2c([2H])c([2H])c([2H])c([2H])c2-c2c3c([2H])c([2H])c([2H])c([2H])c3c(-c3ccc4oc5cc6ccccc6cc5c4c3)c3c([2H])c([2H])c([2H])c([2H])c23)c([2H])c1[2H].[2H]c1c([2H])c([2H])c2c([2H])c(-c3c4c([2H])c([2H])c([2H])c([2H])c4c(-c4ccc5oc6cc7ccccc7cc6c5c4)c4c([2H])c([2H])c([2H])c([2H])c34)c([2H])c([2H])c2c1[2H].[2H]c1c([2H])c([2H])c2c(c1[2H])-c1c(-c3c4c([2H])c([2H])c([2H])c([2H])c4c(-c4ccc5oc6cc7ccccc7cc6c5c4)c4c([2H])c([2H])c([2H])c([2H])c34)c([2H])c([2H])c([2H])c1C2(C)C. The molecule has 28 rings (SSSR count). The van der Waals surface area contributed by atoms with Crippen LogP contribution in [0.1, 0.15) is 89.4 Å². The van der Waals surface area contributed by atoms with Crippen LogP contribution in [-0.2, 0) is 5.41 Å². The fraction of sp³-hybridized carbons (Fsp3) is 0.0236. The Kier molecular flexibility index (Phi) is 9.51. The van der Waals surface area contributed by atoms with Crippen LogP contribution in [0.4, 0.5) is 0 Å². The first kappa shape index (κ1) is 41.6. The lowest BCUT2D eigenvalue weighted by Crippen LogP contribution is -2.14. The van der Waals surface area contributed by atoms with Gasteiger partial charge < -0.3 is 13.3 Å². The molecular weight excluding hydrogens is 1570 g/mol. The highest BCUT2D eigenvalue weighted by molar-refractivity contribution is 6.28. The zero-order chi connectivity index (χ0) is 127. The molecular formula is C127H80O3. The minimum absolute atomic E-state index is 0.0293. The molecule has 0 radical (unpaired) electrons. The predicted molar refractivity (Wildman–Crippen MR) is 552 cm³/mol. The van der Waals surface area contributed by atoms with Crippen LogP contribution in [0.5, 0.6) is 0 Å². The maximum Gasteiger partial charge on any atom is 0.136 e. The summed E-state index contributed by atoms with van der Waals surface area (Å²) in [6.07, 6.45) is 0. The van der Waals surface area contributed by atoms with Crippen molar-refractivity contribution in [1.82, 2.24) is 0 Å². The molecule has 3 heterocycles. The summed E-state index contributed by atoms with van der Waals surface area (Å²) in [5, 5.41) is 5.76. The summed E-state index contributed by atoms with van der Waals surface area (Å²) in [5.74, 6) is 0. The normalized spacial score (nSPS) is 17.5. The lowest BCUT2D eigenvalue weighted by atomic mass is 9.80. The smallest absolute Gasteiger partial charge is 0.136 e. The van der Waals surface area contributed by atoms with Gasteiger partial charge in [0.2, 0.25) is 0 Å². The van der Waals surface area contributed by atoms with E-state index in [0.717, 1.165) is 43.1 Å². The van der Waals surface area contributed by atoms with Gasteiger partial charge in [0.05, 0.1) is 64.4 Å². The third-order valence-corrected chi connectivity index (χ3v) is 24.5. The fourth-order valence-electron chi connectivity index (χ4n) is 18.7. The topological polar surface area (TPSA) is 39.4 Å². The third kappa shape index (κ3) is 11.9. The Morgan fingerprint density at radius 1 is 0.177 bits per heavy atom. The van der Waals surface area contributed by atoms with Crippen LogP contribution in [0.3, 0.4) is 0 Å². The number of hydrogen-bond donors (Lipinski definition) is 0. The van der Waals surface area contributed by atoms with Crippen LogP contribution in [0, 0.1) is 0 Å². The molecule has 0 saturated carbocycles. The second-order valence-corrected chi connectivity index (χ2v) is 31.9. The van der Waals surface area contributed by atoms with Crippen LogP contribution in [0.15, 0.2) is 461 Å². The van der Waals surface area contributed by atoms with Gasteiger partial charge in [0.15, 0.2) is 0 Å². The van der Waals surface area contributed by atoms with Crippen molar-refractivity contribution < 1.29 is 77.7 Å². The Morgan fingerprint density at radius 3 is 0.885 bits per heavy atom. The van der Waals surface area contributed by atoms with Crippen molar-refractivity contribution in [3.63, 3.8) is 0 Å². The van der Waals surface area contributed by atoms with Gasteiger partial charge in [0.1, 0.15) is 33.5 Å². The largest absolute Gasteiger partial charge is 0.456 e. The highest BCUT2D eigenvalue weighted by Gasteiger charge is 2.37. The van der Waals surface area contributed by atoms with E-state index in [1.54, 1.807) is 68.4 Å². The third-order valence-electron chi connectivity index (χ3n) is 24.5. The quantitative estimate of drug-likeness (QED) is 0.149. The standard InChI is InChI=1S/C45H30O.C42H26O.C40H24O/c1-45(2)38-20-10-9-18-34(38)44-35(19-11-21-39(44)45)43-32-16-7-5-14-30(32)42(31-15-6-8-17-33(31)43)29-22-23-40-36(25-29)37-24-27-12-3-4-13-28(27)26-41(37)46-40;1-2-12-27(13-3-1)31-16-6-7-17-32(31)42-35-20-10-8-18-33(35)41(34-19-9-11-21-36(34)42)30-22-23-39-37(25-30)38-24-28-14-4-5-15-29(28)26-40(38)43-39;1-2-10-26-21-29(18-17-25(26)9-1)39-31-13-5-7-15-33(31)40(34-16-8-6-14-32(34)39)30-19-20-37-35(23-30)36-22-27-11-3-4-12-28(27)24-38(36)41-37/h3-26H,1-2H3;1-26H;1-24H/i5D,6D,7D,8D,9D,10D,11D,14D,15D,16D,17D,18D,19D,20D,21D;1D,2D,3D,6D,7D,8D,9D,10D,11D,12D,13D,16D,17D,18D,19D,20D,21D;1D,2D,5D,6D,7D,8D,9D,10D,13D,14D,15D,16D,17D,18D,21D. The van der Waals surface area contributed by atoms with Gasteiger partial charge in [-0.05, 0) is 287 Å². The molecule has 3 aromatic heterocycles. The minimum atomic E-state index is -1.35. The van der Waals surface area contributed by atoms with E-state index in [2.05, 4.69) is 0 Å². The Balaban J connectivity index is 0.000000128. The lowest BCUT2D eigenvalue weighted by Gasteiger charge is -2.22. The lowest BCUT2D eigenvalue weighted by molar-refractivity contribution is 0.660. The van der Waals surface area contributed by atoms with Gasteiger partial charge in [-0.2, -0.15) is 0 Å². The van der Waals surface area contributed by atoms with Crippen molar-refractivity contribution in [1.29, 1.82) is 0 Å². The number of benzene rings is 24. The van der Waals surface area contributed by atoms with Crippen molar-refractivity contribution >= 4 is 174 Å². The molecule has 606 valence electrons. The highest BCUT2D eigenvalue weighted by Crippen LogP contribution is 2.56. The first-order valence-corrected chi connectivity index (χ1v) is 41.1. The summed E-state index contributed by atoms with van der Waals surface area (Å²) >= 11 is 0. The summed E-state index contributed by atoms with van der Waals surface area (Å²) in [5.41, 5.74) is -0.903. The molecule has 24 aromatic carbocycles. The highest BCUT2D eigenvalue weighted by atomic mass is 16.3. The Bertz CT molecular complexity index is 12200. The van der Waals surface area contributed by atoms with Gasteiger partial charge in [-0.25, -0.2) is 0 Å². The molecule has 3 heteroatoms. The Labute approximate surface area is 815 Å². The Morgan fingerprint density at radius 2 is 0.477 bits per heavy atom. The second-order valence-electron chi connectivity index (χ2n) is 31.9. The molecule has 0 spiro atoms. The fourth-order valence-corrected chi connectivity index (χ4v) is 18.7. The van der Waals surface area contributed by atoms with E-state index in [0.29, 0.717) is 66.2 Å². The number of furan rings is 3. The molecule has 3 nitrogen and oxygen atoms in total. The number of hydrogen-bond acceptors (Lipinski definition) is 3. The van der Waals surface area contributed by atoms with Gasteiger partial charge in [0.25, 0.3) is 0 Å². The van der Waals surface area contributed by atoms with Crippen molar-refractivity contribution in [3.05, 3.63) is 459 Å². The van der Waals surface area contributed by atoms with Crippen LogP contribution in [-0.4, -0.2) is 0 Å². The van der Waals surface area contributed by atoms with E-state index < -0.39 is 339 Å². The number of fused-ring (bicyclic) bond motifs is 22. The summed E-state index contributed by atoms with van der Waals surface area (Å²) in [7, 11) is 0. The average molecular weight is 1700 g/mol. The van der Waals surface area contributed by atoms with E-state index in [4.69, 9.17) is 54.4 Å². The molecule has 1 aliphatic carbocycles. The van der Waals surface area contributed by atoms with Crippen molar-refractivity contribution in [2.75, 3.05) is 0 Å². The summed E-state index contributed by atoms with van der Waals surface area (Å²) < 4.78 is 440. The molecule has 0 fully saturated rings. The van der Waals surface area contributed by atoms with E-state index in [1.807, 2.05) is 109 Å². The van der Waals surface area contributed by atoms with Gasteiger partial charge in [-0.3, -0.25) is 0 Å². The maximum absolute atomic E-state index is 9.55. The van der Waals surface area contributed by atoms with Crippen molar-refractivity contribution in [2.45, 2.75) is 19.3 Å². The summed E-state index contributed by atoms with van der Waals surface area (Å²) in [6, 6.07) is 17.9. The van der Waals surface area contributed by atoms with E-state index >= 15 is 0 Å². The van der Waals surface area contributed by atoms with Gasteiger partial charge >= 0.3 is 0 Å². The second kappa shape index (κ2) is 29.7. The molecule has 130 heavy (non-hydrogen) atoms. The molecule has 27 aromatic rings. The molecule has 0 amide bonds. The zero-order valence-corrected chi connectivity index (χ0v) is 67.8. The first-order valence-electron chi connectivity index (χ1n) is 64.6. The molecule has 0 unspecified atom stereocenters. The van der Waals surface area contributed by atoms with E-state index in [9.17, 15) is 23.3 Å². The summed E-state index contributed by atoms with van der Waals surface area (Å²) in [4.78, 5) is 0. The Hall–Kier alpha value is -16.7. The van der Waals surface area contributed by atoms with Gasteiger partial charge in [-0.15, -0.1) is 0 Å². The monoisotopic (exact) mass is 1700 g/mol. The number of rotatable bonds is 7. The van der Waals surface area contributed by atoms with Crippen molar-refractivity contribution in [2.24, 2.45) is 0 Å². The summed E-state index contributed by atoms with van der Waals surface area (Å²) in [6.45, 7) is 3.28. The maximum atomic E-state index is 9.55. The molecule has 0 saturated heterocycles. The predicted octanol–water partition coefficient (Wildman–Crippen LogP) is 36.3. The molecule has 0 N–H and O–H groups in total. The molecule has 0 atom stereocenters. The zero-order valence-electron chi connectivity index (χ0n) is 115. The average Bonchev–Trinajstić information content (AvgIpc) is 1.57. The van der Waals surface area contributed by atoms with Gasteiger partial charge in [-0.1, -0.05) is 383 Å². The van der Waals surface area contributed by atoms with Crippen LogP contribution in [0.2, 0.25) is 0 Å². The van der Waals surface area contributed by atoms with Crippen LogP contribution in [0.25, 0.3) is 263 Å². The molecule has 0 bridgehead atoms. The first-order chi connectivity index (χ1) is 83.7. The van der Waals surface area contributed by atoms with Gasteiger partial charge in [0, 0.05) is 37.7 Å². The molecule has 0 aliphatic heterocycles. The van der Waals surface area contributed by atoms with Crippen molar-refractivity contribution in [3.8, 4) is 89.0 Å². The van der Waals surface area contributed by atoms with E-state index in [-0.39, 0.29) is 115 Å². The van der Waals surface area contributed by atoms with Crippen LogP contribution >= 0.6 is 0 Å². The van der Waals surface area contributed by atoms with Crippen LogP contribution < -0.4 is 0 Å². The van der Waals surface area contributed by atoms with E-state index in [1.165, 1.54) is 0 Å². The minimum Gasteiger partial charge on any atom is -0.456 e.